The zero-order chi connectivity index (χ0) is 21.3. The Labute approximate surface area is 181 Å². The molecule has 2 saturated heterocycles. The van der Waals surface area contributed by atoms with Crippen molar-refractivity contribution in [3.8, 4) is 0 Å². The van der Waals surface area contributed by atoms with Crippen LogP contribution in [0, 0.1) is 5.41 Å². The largest absolute Gasteiger partial charge is 0.467 e. The second-order valence-electron chi connectivity index (χ2n) is 9.13. The quantitative estimate of drug-likeness (QED) is 0.543. The van der Waals surface area contributed by atoms with Gasteiger partial charge in [-0.15, -0.1) is 0 Å². The fourth-order valence-corrected chi connectivity index (χ4v) is 7.52. The number of aliphatic imine (C=N–C) groups is 1. The van der Waals surface area contributed by atoms with Crippen molar-refractivity contribution in [3.63, 3.8) is 0 Å². The van der Waals surface area contributed by atoms with E-state index in [0.29, 0.717) is 18.7 Å². The van der Waals surface area contributed by atoms with Crippen molar-refractivity contribution in [2.45, 2.75) is 62.0 Å². The summed E-state index contributed by atoms with van der Waals surface area (Å²) in [6, 6.07) is 8.01. The van der Waals surface area contributed by atoms with E-state index in [1.165, 1.54) is 14.0 Å². The number of rotatable bonds is 3. The third kappa shape index (κ3) is 2.27. The molecule has 1 aliphatic carbocycles. The van der Waals surface area contributed by atoms with Gasteiger partial charge in [0, 0.05) is 19.5 Å². The van der Waals surface area contributed by atoms with Crippen molar-refractivity contribution in [3.05, 3.63) is 29.8 Å². The van der Waals surface area contributed by atoms with E-state index in [0.717, 1.165) is 37.1 Å². The lowest BCUT2D eigenvalue weighted by Gasteiger charge is -2.59. The number of hydrogen-bond acceptors (Lipinski definition) is 6. The van der Waals surface area contributed by atoms with E-state index in [-0.39, 0.29) is 17.4 Å². The summed E-state index contributed by atoms with van der Waals surface area (Å²) in [7, 11) is 1.37. The van der Waals surface area contributed by atoms with Gasteiger partial charge in [-0.05, 0) is 49.3 Å². The van der Waals surface area contributed by atoms with E-state index in [9.17, 15) is 9.59 Å². The molecule has 3 heterocycles. The highest BCUT2D eigenvalue weighted by atomic mass is 35.5. The van der Waals surface area contributed by atoms with Gasteiger partial charge in [-0.1, -0.05) is 36.7 Å². The molecule has 4 aliphatic rings. The van der Waals surface area contributed by atoms with Crippen molar-refractivity contribution < 1.29 is 19.1 Å². The normalized spacial score (nSPS) is 38.9. The van der Waals surface area contributed by atoms with Gasteiger partial charge in [0.15, 0.2) is 4.87 Å². The molecule has 0 radical (unpaired) electrons. The number of halogens is 1. The minimum absolute atomic E-state index is 0.0760. The Balaban J connectivity index is 1.84. The minimum atomic E-state index is -1.38. The Morgan fingerprint density at radius 1 is 1.33 bits per heavy atom. The van der Waals surface area contributed by atoms with Crippen LogP contribution in [0.5, 0.6) is 0 Å². The highest BCUT2D eigenvalue weighted by molar-refractivity contribution is 6.49. The van der Waals surface area contributed by atoms with Crippen LogP contribution in [-0.4, -0.2) is 59.8 Å². The van der Waals surface area contributed by atoms with Crippen LogP contribution < -0.4 is 0 Å². The van der Waals surface area contributed by atoms with Gasteiger partial charge in [0.1, 0.15) is 6.10 Å². The Bertz CT molecular complexity index is 964. The third-order valence-electron chi connectivity index (χ3n) is 7.87. The molecule has 0 bridgehead atoms. The van der Waals surface area contributed by atoms with Crippen LogP contribution in [0.15, 0.2) is 29.3 Å². The number of esters is 2. The first-order valence-electron chi connectivity index (χ1n) is 10.7. The number of ether oxygens (including phenoxy) is 2. The summed E-state index contributed by atoms with van der Waals surface area (Å²) in [4.78, 5) is 31.3. The molecule has 1 spiro atoms. The average Bonchev–Trinajstić information content (AvgIpc) is 3.25. The van der Waals surface area contributed by atoms with E-state index in [2.05, 4.69) is 17.9 Å². The summed E-state index contributed by atoms with van der Waals surface area (Å²) < 4.78 is 11.2. The molecule has 1 saturated carbocycles. The number of nitrogens with zero attached hydrogens (tertiary/aromatic N) is 2. The Morgan fingerprint density at radius 2 is 2.10 bits per heavy atom. The number of hydrogen-bond donors (Lipinski definition) is 0. The van der Waals surface area contributed by atoms with Crippen LogP contribution in [-0.2, 0) is 24.5 Å². The lowest BCUT2D eigenvalue weighted by atomic mass is 9.49. The van der Waals surface area contributed by atoms with Crippen LogP contribution in [0.2, 0.25) is 0 Å². The van der Waals surface area contributed by atoms with Gasteiger partial charge in [0.2, 0.25) is 0 Å². The second-order valence-corrected chi connectivity index (χ2v) is 9.78. The van der Waals surface area contributed by atoms with Crippen molar-refractivity contribution in [1.29, 1.82) is 0 Å². The number of methoxy groups -OCH3 is 1. The van der Waals surface area contributed by atoms with E-state index < -0.39 is 22.4 Å². The molecular weight excluding hydrogens is 404 g/mol. The van der Waals surface area contributed by atoms with Gasteiger partial charge in [-0.3, -0.25) is 14.7 Å². The molecule has 7 heteroatoms. The maximum absolute atomic E-state index is 13.2. The number of carbonyl (C=O) groups excluding carboxylic acids is 2. The number of alkyl halides is 1. The highest BCUT2D eigenvalue weighted by Crippen LogP contribution is 2.66. The fourth-order valence-electron chi connectivity index (χ4n) is 6.98. The second kappa shape index (κ2) is 6.54. The number of piperidine rings is 1. The van der Waals surface area contributed by atoms with Gasteiger partial charge in [0.05, 0.1) is 23.9 Å². The molecule has 5 atom stereocenters. The molecular formula is C23H27ClN2O4. The third-order valence-corrected chi connectivity index (χ3v) is 8.34. The SMILES string of the molecule is CC[C@]12CCCN3C[C@H](OC(C)=O)[C@]4(C(=Nc5ccccc54)[C@](Cl)(C(=O)OC)C1)[C@@H]32. The van der Waals surface area contributed by atoms with Gasteiger partial charge >= 0.3 is 11.9 Å². The minimum Gasteiger partial charge on any atom is -0.467 e. The number of carbonyl (C=O) groups is 2. The Morgan fingerprint density at radius 3 is 2.80 bits per heavy atom. The molecule has 6 nitrogen and oxygen atoms in total. The first kappa shape index (κ1) is 20.0. The van der Waals surface area contributed by atoms with Crippen LogP contribution >= 0.6 is 11.6 Å². The summed E-state index contributed by atoms with van der Waals surface area (Å²) in [6.45, 7) is 5.17. The van der Waals surface area contributed by atoms with Gasteiger partial charge in [0.25, 0.3) is 0 Å². The van der Waals surface area contributed by atoms with Crippen LogP contribution in [0.3, 0.4) is 0 Å². The molecule has 0 unspecified atom stereocenters. The first-order valence-corrected chi connectivity index (χ1v) is 11.1. The maximum atomic E-state index is 13.2. The number of para-hydroxylation sites is 1. The van der Waals surface area contributed by atoms with Gasteiger partial charge in [-0.25, -0.2) is 4.79 Å². The van der Waals surface area contributed by atoms with Crippen LogP contribution in [0.1, 0.15) is 45.1 Å². The van der Waals surface area contributed by atoms with Gasteiger partial charge < -0.3 is 9.47 Å². The zero-order valence-corrected chi connectivity index (χ0v) is 18.4. The Kier molecular flexibility index (Phi) is 4.36. The monoisotopic (exact) mass is 430 g/mol. The summed E-state index contributed by atoms with van der Waals surface area (Å²) in [5, 5.41) is 0. The van der Waals surface area contributed by atoms with Crippen molar-refractivity contribution in [1.82, 2.24) is 4.90 Å². The summed E-state index contributed by atoms with van der Waals surface area (Å²) in [5.41, 5.74) is 1.46. The molecule has 30 heavy (non-hydrogen) atoms. The molecule has 5 rings (SSSR count). The van der Waals surface area contributed by atoms with E-state index in [1.54, 1.807) is 0 Å². The standard InChI is InChI=1S/C23H27ClN2O4/c1-4-21-10-7-11-26-12-17(30-14(2)27)23(19(21)26)15-8-5-6-9-16(15)25-18(23)22(24,13-21)20(28)29-3/h5-6,8-9,17,19H,4,7,10-13H2,1-3H3/t17-,19-,21-,22-,23+/m0/s1. The molecule has 1 aromatic carbocycles. The molecule has 0 N–H and O–H groups in total. The smallest absolute Gasteiger partial charge is 0.332 e. The maximum Gasteiger partial charge on any atom is 0.332 e. The van der Waals surface area contributed by atoms with E-state index in [1.807, 2.05) is 18.2 Å². The first-order chi connectivity index (χ1) is 14.3. The van der Waals surface area contributed by atoms with Crippen LogP contribution in [0.25, 0.3) is 0 Å². The molecule has 3 aliphatic heterocycles. The highest BCUT2D eigenvalue weighted by Gasteiger charge is 2.76. The van der Waals surface area contributed by atoms with Crippen LogP contribution in [0.4, 0.5) is 5.69 Å². The molecule has 0 amide bonds. The van der Waals surface area contributed by atoms with Crippen molar-refractivity contribution in [2.75, 3.05) is 20.2 Å². The number of fused-ring (bicyclic) bond motifs is 1. The fraction of sp³-hybridized carbons (Fsp3) is 0.609. The zero-order valence-electron chi connectivity index (χ0n) is 17.6. The molecule has 160 valence electrons. The van der Waals surface area contributed by atoms with E-state index >= 15 is 0 Å². The van der Waals surface area contributed by atoms with Crippen molar-refractivity contribution in [2.24, 2.45) is 10.4 Å². The summed E-state index contributed by atoms with van der Waals surface area (Å²) >= 11 is 7.23. The average molecular weight is 431 g/mol. The predicted octanol–water partition coefficient (Wildman–Crippen LogP) is 3.37. The number of benzene rings is 1. The molecule has 3 fully saturated rings. The lowest BCUT2D eigenvalue weighted by molar-refractivity contribution is -0.148. The van der Waals surface area contributed by atoms with Crippen molar-refractivity contribution >= 4 is 34.9 Å². The Hall–Kier alpha value is -1.92. The van der Waals surface area contributed by atoms with E-state index in [4.69, 9.17) is 26.1 Å². The molecule has 0 aromatic heterocycles. The van der Waals surface area contributed by atoms with Gasteiger partial charge in [-0.2, -0.15) is 0 Å². The predicted molar refractivity (Wildman–Crippen MR) is 113 cm³/mol. The summed E-state index contributed by atoms with van der Waals surface area (Å²) in [5.74, 6) is -0.809. The topological polar surface area (TPSA) is 68.2 Å². The summed E-state index contributed by atoms with van der Waals surface area (Å²) in [6.07, 6.45) is 2.90. The lowest BCUT2D eigenvalue weighted by Crippen LogP contribution is -2.71. The molecule has 1 aromatic rings.